The van der Waals surface area contributed by atoms with Gasteiger partial charge in [0.1, 0.15) is 0 Å². The van der Waals surface area contributed by atoms with Crippen LogP contribution in [0.2, 0.25) is 0 Å². The van der Waals surface area contributed by atoms with E-state index in [4.69, 9.17) is 0 Å². The van der Waals surface area contributed by atoms with Crippen molar-refractivity contribution >= 4 is 38.9 Å². The first-order valence-electron chi connectivity index (χ1n) is 10.5. The van der Waals surface area contributed by atoms with Crippen molar-refractivity contribution in [3.05, 3.63) is 46.2 Å². The smallest absolute Gasteiger partial charge is 0.241 e. The lowest BCUT2D eigenvalue weighted by atomic mass is 9.84. The summed E-state index contributed by atoms with van der Waals surface area (Å²) in [5.41, 5.74) is 0.985. The first kappa shape index (κ1) is 23.4. The van der Waals surface area contributed by atoms with Gasteiger partial charge in [-0.25, -0.2) is 13.1 Å². The average molecular weight is 464 g/mol. The van der Waals surface area contributed by atoms with Crippen LogP contribution in [0.4, 0.5) is 5.69 Å². The summed E-state index contributed by atoms with van der Waals surface area (Å²) in [6.07, 6.45) is 4.66. The highest BCUT2D eigenvalue weighted by Gasteiger charge is 2.36. The van der Waals surface area contributed by atoms with E-state index in [1.54, 1.807) is 37.3 Å². The fraction of sp³-hybridized carbons (Fsp3) is 0.455. The van der Waals surface area contributed by atoms with Gasteiger partial charge in [0.2, 0.25) is 21.8 Å². The van der Waals surface area contributed by atoms with Crippen molar-refractivity contribution in [3.63, 3.8) is 0 Å². The van der Waals surface area contributed by atoms with Crippen molar-refractivity contribution in [1.82, 2.24) is 10.0 Å². The molecule has 9 heteroatoms. The minimum Gasteiger partial charge on any atom is -0.354 e. The fourth-order valence-electron chi connectivity index (χ4n) is 3.99. The molecule has 3 N–H and O–H groups in total. The number of hydrogen-bond acceptors (Lipinski definition) is 5. The molecule has 0 atom stereocenters. The zero-order valence-corrected chi connectivity index (χ0v) is 19.5. The second-order valence-corrected chi connectivity index (χ2v) is 10.6. The number of hydrogen-bond donors (Lipinski definition) is 3. The van der Waals surface area contributed by atoms with Crippen molar-refractivity contribution in [1.29, 1.82) is 0 Å². The molecule has 1 aromatic carbocycles. The lowest BCUT2D eigenvalue weighted by Crippen LogP contribution is -2.43. The van der Waals surface area contributed by atoms with Gasteiger partial charge in [0, 0.05) is 28.9 Å². The summed E-state index contributed by atoms with van der Waals surface area (Å²) < 4.78 is 27.7. The molecule has 1 heterocycles. The number of anilines is 1. The van der Waals surface area contributed by atoms with Crippen LogP contribution in [0.5, 0.6) is 0 Å². The van der Waals surface area contributed by atoms with Crippen LogP contribution in [-0.4, -0.2) is 33.3 Å². The second kappa shape index (κ2) is 9.93. The lowest BCUT2D eigenvalue weighted by Gasteiger charge is -2.28. The van der Waals surface area contributed by atoms with Gasteiger partial charge in [-0.3, -0.25) is 9.59 Å². The van der Waals surface area contributed by atoms with Crippen molar-refractivity contribution in [2.75, 3.05) is 18.4 Å². The summed E-state index contributed by atoms with van der Waals surface area (Å²) in [6, 6.07) is 8.72. The minimum atomic E-state index is -3.85. The molecule has 0 unspecified atom stereocenters. The maximum Gasteiger partial charge on any atom is 0.241 e. The van der Waals surface area contributed by atoms with Crippen molar-refractivity contribution < 1.29 is 18.0 Å². The van der Waals surface area contributed by atoms with Crippen LogP contribution in [0.1, 0.15) is 49.5 Å². The zero-order chi connectivity index (χ0) is 22.5. The molecule has 0 radical (unpaired) electrons. The molecule has 0 saturated heterocycles. The maximum absolute atomic E-state index is 12.7. The van der Waals surface area contributed by atoms with Crippen molar-refractivity contribution in [3.8, 4) is 0 Å². The molecule has 1 aromatic heterocycles. The Kier molecular flexibility index (Phi) is 7.51. The van der Waals surface area contributed by atoms with Crippen molar-refractivity contribution in [2.45, 2.75) is 56.3 Å². The molecule has 2 amide bonds. The van der Waals surface area contributed by atoms with Crippen LogP contribution in [0.15, 0.2) is 40.6 Å². The molecule has 1 fully saturated rings. The quantitative estimate of drug-likeness (QED) is 0.531. The second-order valence-electron chi connectivity index (χ2n) is 7.95. The normalized spacial score (nSPS) is 15.5. The van der Waals surface area contributed by atoms with Crippen molar-refractivity contribution in [2.24, 2.45) is 0 Å². The van der Waals surface area contributed by atoms with Gasteiger partial charge in [0.15, 0.2) is 0 Å². The van der Waals surface area contributed by atoms with E-state index in [2.05, 4.69) is 21.4 Å². The molecular formula is C22H29N3O4S2. The summed E-state index contributed by atoms with van der Waals surface area (Å²) >= 11 is 1.70. The minimum absolute atomic E-state index is 0.0436. The van der Waals surface area contributed by atoms with E-state index in [-0.39, 0.29) is 28.7 Å². The molecule has 1 saturated carbocycles. The molecule has 0 spiro atoms. The van der Waals surface area contributed by atoms with Crippen LogP contribution < -0.4 is 15.4 Å². The summed E-state index contributed by atoms with van der Waals surface area (Å²) in [4.78, 5) is 25.3. The van der Waals surface area contributed by atoms with Gasteiger partial charge < -0.3 is 10.6 Å². The maximum atomic E-state index is 12.7. The number of aryl methyl sites for hydroxylation is 1. The predicted octanol–water partition coefficient (Wildman–Crippen LogP) is 3.31. The first-order chi connectivity index (χ1) is 14.8. The lowest BCUT2D eigenvalue weighted by molar-refractivity contribution is -0.120. The molecule has 0 bridgehead atoms. The number of nitrogens with one attached hydrogen (secondary N) is 3. The number of amides is 2. The summed E-state index contributed by atoms with van der Waals surface area (Å²) in [5, 5.41) is 7.67. The van der Waals surface area contributed by atoms with E-state index in [1.165, 1.54) is 10.9 Å². The zero-order valence-electron chi connectivity index (χ0n) is 17.9. The Morgan fingerprint density at radius 1 is 1.13 bits per heavy atom. The highest BCUT2D eigenvalue weighted by Crippen LogP contribution is 2.42. The highest BCUT2D eigenvalue weighted by molar-refractivity contribution is 7.89. The van der Waals surface area contributed by atoms with E-state index in [0.717, 1.165) is 25.7 Å². The summed E-state index contributed by atoms with van der Waals surface area (Å²) in [7, 11) is -3.85. The standard InChI is InChI=1S/C22H29N3O4S2/c1-3-20(26)25-17-8-9-18(16(2)13-17)31(28,29)24-14-21(27)23-15-22(10-4-5-11-22)19-7-6-12-30-19/h6-9,12-13,24H,3-5,10-11,14-15H2,1-2H3,(H,23,27)(H,25,26). The van der Waals surface area contributed by atoms with E-state index < -0.39 is 10.0 Å². The Bertz CT molecular complexity index is 1030. The molecule has 3 rings (SSSR count). The van der Waals surface area contributed by atoms with Gasteiger partial charge in [0.05, 0.1) is 11.4 Å². The monoisotopic (exact) mass is 463 g/mol. The highest BCUT2D eigenvalue weighted by atomic mass is 32.2. The third-order valence-corrected chi connectivity index (χ3v) is 8.40. The third kappa shape index (κ3) is 5.72. The third-order valence-electron chi connectivity index (χ3n) is 5.72. The molecule has 0 aliphatic heterocycles. The van der Waals surface area contributed by atoms with E-state index in [9.17, 15) is 18.0 Å². The number of sulfonamides is 1. The van der Waals surface area contributed by atoms with Crippen LogP contribution in [0, 0.1) is 6.92 Å². The molecule has 1 aliphatic carbocycles. The number of rotatable bonds is 9. The van der Waals surface area contributed by atoms with Gasteiger partial charge in [-0.05, 0) is 55.0 Å². The summed E-state index contributed by atoms with van der Waals surface area (Å²) in [6.45, 7) is 3.58. The van der Waals surface area contributed by atoms with Gasteiger partial charge >= 0.3 is 0 Å². The topological polar surface area (TPSA) is 104 Å². The molecule has 31 heavy (non-hydrogen) atoms. The van der Waals surface area contributed by atoms with Gasteiger partial charge in [0.25, 0.3) is 0 Å². The van der Waals surface area contributed by atoms with Gasteiger partial charge in [-0.15, -0.1) is 11.3 Å². The number of benzene rings is 1. The predicted molar refractivity (Wildman–Crippen MR) is 123 cm³/mol. The van der Waals surface area contributed by atoms with Crippen LogP contribution >= 0.6 is 11.3 Å². The van der Waals surface area contributed by atoms with E-state index in [1.807, 2.05) is 11.4 Å². The Labute approximate surface area is 187 Å². The first-order valence-corrected chi connectivity index (χ1v) is 12.8. The molecule has 7 nitrogen and oxygen atoms in total. The number of carbonyl (C=O) groups is 2. The largest absolute Gasteiger partial charge is 0.354 e. The number of thiophene rings is 1. The summed E-state index contributed by atoms with van der Waals surface area (Å²) in [5.74, 6) is -0.497. The SMILES string of the molecule is CCC(=O)Nc1ccc(S(=O)(=O)NCC(=O)NCC2(c3cccs3)CCCC2)c(C)c1. The Hall–Kier alpha value is -2.23. The Balaban J connectivity index is 1.58. The van der Waals surface area contributed by atoms with Gasteiger partial charge in [-0.2, -0.15) is 0 Å². The fourth-order valence-corrected chi connectivity index (χ4v) is 6.18. The average Bonchev–Trinajstić information content (AvgIpc) is 3.43. The molecule has 168 valence electrons. The van der Waals surface area contributed by atoms with Crippen LogP contribution in [-0.2, 0) is 25.0 Å². The van der Waals surface area contributed by atoms with Crippen LogP contribution in [0.3, 0.4) is 0 Å². The van der Waals surface area contributed by atoms with Gasteiger partial charge in [-0.1, -0.05) is 25.8 Å². The Morgan fingerprint density at radius 2 is 1.87 bits per heavy atom. The van der Waals surface area contributed by atoms with E-state index in [0.29, 0.717) is 24.2 Å². The Morgan fingerprint density at radius 3 is 2.48 bits per heavy atom. The number of carbonyl (C=O) groups excluding carboxylic acids is 2. The van der Waals surface area contributed by atoms with E-state index >= 15 is 0 Å². The molecular weight excluding hydrogens is 434 g/mol. The molecule has 2 aromatic rings. The van der Waals surface area contributed by atoms with Crippen LogP contribution in [0.25, 0.3) is 0 Å². The molecule has 1 aliphatic rings.